The number of rotatable bonds is 9. The van der Waals surface area contributed by atoms with Gasteiger partial charge < -0.3 is 23.4 Å². The Morgan fingerprint density at radius 1 is 1.00 bits per heavy atom. The molecule has 0 aliphatic rings. The summed E-state index contributed by atoms with van der Waals surface area (Å²) in [6.45, 7) is 8.44. The Labute approximate surface area is 110 Å². The van der Waals surface area contributed by atoms with Crippen LogP contribution in [0.3, 0.4) is 0 Å². The van der Waals surface area contributed by atoms with Crippen molar-refractivity contribution in [3.8, 4) is 0 Å². The summed E-state index contributed by atoms with van der Waals surface area (Å²) in [6.07, 6.45) is 0.895. The molecule has 0 fully saturated rings. The van der Waals surface area contributed by atoms with Crippen LogP contribution in [-0.2, 0) is 17.7 Å². The van der Waals surface area contributed by atoms with Gasteiger partial charge in [0, 0.05) is 33.0 Å². The molecule has 0 amide bonds. The van der Waals surface area contributed by atoms with E-state index in [4.69, 9.17) is 19.0 Å². The predicted octanol–water partition coefficient (Wildman–Crippen LogP) is 0.297. The van der Waals surface area contributed by atoms with Crippen molar-refractivity contribution < 1.29 is 17.7 Å². The molecule has 5 nitrogen and oxygen atoms in total. The molecule has 0 radical (unpaired) electrons. The second-order valence-electron chi connectivity index (χ2n) is 3.28. The predicted molar refractivity (Wildman–Crippen MR) is 76.1 cm³/mol. The molecule has 0 aromatic heterocycles. The van der Waals surface area contributed by atoms with Gasteiger partial charge in [-0.25, -0.2) is 0 Å². The van der Waals surface area contributed by atoms with E-state index >= 15 is 0 Å². The third kappa shape index (κ3) is 11.1. The molecular formula is C10H29NO4Si2. The van der Waals surface area contributed by atoms with Crippen molar-refractivity contribution in [2.45, 2.75) is 33.2 Å². The van der Waals surface area contributed by atoms with Crippen molar-refractivity contribution in [2.24, 2.45) is 5.73 Å². The van der Waals surface area contributed by atoms with Gasteiger partial charge in [0.2, 0.25) is 0 Å². The summed E-state index contributed by atoms with van der Waals surface area (Å²) in [5, 5.41) is 0. The van der Waals surface area contributed by atoms with E-state index in [9.17, 15) is 0 Å². The first-order valence-corrected chi connectivity index (χ1v) is 8.93. The van der Waals surface area contributed by atoms with Crippen molar-refractivity contribution in [1.82, 2.24) is 0 Å². The molecule has 0 aliphatic carbocycles. The molecular weight excluding hydrogens is 254 g/mol. The van der Waals surface area contributed by atoms with E-state index in [0.717, 1.165) is 23.0 Å². The SMILES string of the molecule is CCO[Si](CCCN)(OCC)OCC.CO[SiH3]. The van der Waals surface area contributed by atoms with Gasteiger partial charge in [0.1, 0.15) is 10.5 Å². The summed E-state index contributed by atoms with van der Waals surface area (Å²) in [7, 11) is 0.159. The highest BCUT2D eigenvalue weighted by Crippen LogP contribution is 2.17. The summed E-state index contributed by atoms with van der Waals surface area (Å²) in [6, 6.07) is 0.818. The van der Waals surface area contributed by atoms with Gasteiger partial charge >= 0.3 is 8.80 Å². The molecule has 0 unspecified atom stereocenters. The summed E-state index contributed by atoms with van der Waals surface area (Å²) in [5.41, 5.74) is 5.48. The highest BCUT2D eigenvalue weighted by atomic mass is 28.4. The largest absolute Gasteiger partial charge is 0.500 e. The Morgan fingerprint density at radius 3 is 1.59 bits per heavy atom. The second kappa shape index (κ2) is 14.3. The van der Waals surface area contributed by atoms with Crippen LogP contribution in [0, 0.1) is 0 Å². The molecule has 0 saturated carbocycles. The maximum atomic E-state index is 5.65. The molecule has 7 heteroatoms. The van der Waals surface area contributed by atoms with Gasteiger partial charge in [-0.1, -0.05) is 0 Å². The standard InChI is InChI=1S/C9H23NO3Si.CH6OSi/c1-4-11-14(12-5-2,13-6-3)9-7-8-10;1-2-3/h4-10H2,1-3H3;1,3H3. The average molecular weight is 284 g/mol. The topological polar surface area (TPSA) is 62.9 Å². The number of hydrogen-bond acceptors (Lipinski definition) is 5. The highest BCUT2D eigenvalue weighted by molar-refractivity contribution is 6.60. The summed E-state index contributed by atoms with van der Waals surface area (Å²) in [5.74, 6) is 0. The van der Waals surface area contributed by atoms with E-state index in [2.05, 4.69) is 4.43 Å². The van der Waals surface area contributed by atoms with E-state index < -0.39 is 8.80 Å². The lowest BCUT2D eigenvalue weighted by Gasteiger charge is -2.28. The molecule has 2 N–H and O–H groups in total. The lowest BCUT2D eigenvalue weighted by atomic mass is 10.5. The maximum absolute atomic E-state index is 5.65. The van der Waals surface area contributed by atoms with Gasteiger partial charge in [-0.3, -0.25) is 0 Å². The minimum atomic E-state index is -2.40. The Bertz CT molecular complexity index is 135. The smallest absolute Gasteiger partial charge is 0.431 e. The fourth-order valence-electron chi connectivity index (χ4n) is 1.32. The minimum absolute atomic E-state index is 0.636. The Hall–Kier alpha value is 0.234. The summed E-state index contributed by atoms with van der Waals surface area (Å²) < 4.78 is 21.3. The summed E-state index contributed by atoms with van der Waals surface area (Å²) in [4.78, 5) is 0. The van der Waals surface area contributed by atoms with Gasteiger partial charge in [-0.2, -0.15) is 0 Å². The molecule has 106 valence electrons. The van der Waals surface area contributed by atoms with E-state index in [-0.39, 0.29) is 0 Å². The van der Waals surface area contributed by atoms with Crippen LogP contribution in [0.4, 0.5) is 0 Å². The normalized spacial score (nSPS) is 11.1. The zero-order valence-corrected chi connectivity index (χ0v) is 15.0. The minimum Gasteiger partial charge on any atom is -0.431 e. The van der Waals surface area contributed by atoms with Crippen molar-refractivity contribution in [2.75, 3.05) is 33.5 Å². The number of hydrogen-bond donors (Lipinski definition) is 1. The van der Waals surface area contributed by atoms with Crippen LogP contribution in [-0.4, -0.2) is 52.8 Å². The first kappa shape index (κ1) is 19.6. The van der Waals surface area contributed by atoms with Crippen LogP contribution in [0.2, 0.25) is 6.04 Å². The molecule has 0 rings (SSSR count). The molecule has 0 heterocycles. The Balaban J connectivity index is 0. The van der Waals surface area contributed by atoms with Crippen LogP contribution in [0.15, 0.2) is 0 Å². The van der Waals surface area contributed by atoms with Gasteiger partial charge in [0.05, 0.1) is 0 Å². The lowest BCUT2D eigenvalue weighted by molar-refractivity contribution is 0.0710. The van der Waals surface area contributed by atoms with Crippen LogP contribution in [0.1, 0.15) is 27.2 Å². The average Bonchev–Trinajstić information content (AvgIpc) is 2.29. The van der Waals surface area contributed by atoms with Gasteiger partial charge in [0.15, 0.2) is 0 Å². The second-order valence-corrected chi connectivity index (χ2v) is 6.83. The zero-order chi connectivity index (χ0) is 13.6. The van der Waals surface area contributed by atoms with E-state index in [1.54, 1.807) is 7.11 Å². The molecule has 0 aromatic rings. The summed E-state index contributed by atoms with van der Waals surface area (Å²) >= 11 is 0. The van der Waals surface area contributed by atoms with E-state index in [0.29, 0.717) is 26.4 Å². The molecule has 0 saturated heterocycles. The van der Waals surface area contributed by atoms with Crippen molar-refractivity contribution in [3.05, 3.63) is 0 Å². The molecule has 0 aliphatic heterocycles. The van der Waals surface area contributed by atoms with Gasteiger partial charge in [0.25, 0.3) is 0 Å². The quantitative estimate of drug-likeness (QED) is 0.617. The maximum Gasteiger partial charge on any atom is 0.500 e. The Kier molecular flexibility index (Phi) is 16.5. The van der Waals surface area contributed by atoms with E-state index in [1.807, 2.05) is 20.8 Å². The van der Waals surface area contributed by atoms with E-state index in [1.165, 1.54) is 0 Å². The fourth-order valence-corrected chi connectivity index (χ4v) is 3.96. The lowest BCUT2D eigenvalue weighted by Crippen LogP contribution is -2.46. The number of nitrogens with two attached hydrogens (primary N) is 1. The third-order valence-electron chi connectivity index (χ3n) is 1.78. The monoisotopic (exact) mass is 283 g/mol. The van der Waals surface area contributed by atoms with Gasteiger partial charge in [-0.15, -0.1) is 0 Å². The molecule has 0 aromatic carbocycles. The highest BCUT2D eigenvalue weighted by Gasteiger charge is 2.39. The fraction of sp³-hybridized carbons (Fsp3) is 1.00. The molecule has 0 bridgehead atoms. The third-order valence-corrected chi connectivity index (χ3v) is 4.93. The Morgan fingerprint density at radius 2 is 1.35 bits per heavy atom. The van der Waals surface area contributed by atoms with Gasteiger partial charge in [-0.05, 0) is 33.7 Å². The first-order valence-electron chi connectivity index (χ1n) is 6.18. The van der Waals surface area contributed by atoms with Crippen LogP contribution >= 0.6 is 0 Å². The first-order chi connectivity index (χ1) is 8.16. The van der Waals surface area contributed by atoms with Crippen LogP contribution in [0.25, 0.3) is 0 Å². The van der Waals surface area contributed by atoms with Crippen molar-refractivity contribution in [3.63, 3.8) is 0 Å². The van der Waals surface area contributed by atoms with Crippen molar-refractivity contribution in [1.29, 1.82) is 0 Å². The van der Waals surface area contributed by atoms with Crippen LogP contribution in [0.5, 0.6) is 0 Å². The van der Waals surface area contributed by atoms with Crippen molar-refractivity contribution >= 4 is 19.3 Å². The molecule has 17 heavy (non-hydrogen) atoms. The molecule has 0 spiro atoms. The molecule has 0 atom stereocenters. The van der Waals surface area contributed by atoms with Crippen LogP contribution < -0.4 is 5.73 Å². The zero-order valence-electron chi connectivity index (χ0n) is 12.0.